The highest BCUT2D eigenvalue weighted by molar-refractivity contribution is 8.00. The summed E-state index contributed by atoms with van der Waals surface area (Å²) in [6, 6.07) is 187. The number of fused-ring (bicyclic) bond motifs is 42. The van der Waals surface area contributed by atoms with Gasteiger partial charge in [-0.2, -0.15) is 0 Å². The molecule has 0 bridgehead atoms. The number of anilines is 6. The van der Waals surface area contributed by atoms with Crippen molar-refractivity contribution >= 4 is 144 Å². The summed E-state index contributed by atoms with van der Waals surface area (Å²) in [4.78, 5) is 15.5. The largest absolute Gasteiger partial charge is 0.310 e. The van der Waals surface area contributed by atoms with Crippen LogP contribution >= 0.6 is 69.7 Å². The van der Waals surface area contributed by atoms with Crippen molar-refractivity contribution in [1.29, 1.82) is 0 Å². The molecular formula is C136H80N2S6. The Kier molecular flexibility index (Phi) is 17.6. The molecule has 22 aromatic carbocycles. The molecule has 32 rings (SSSR count). The lowest BCUT2D eigenvalue weighted by Gasteiger charge is -2.40. The van der Waals surface area contributed by atoms with E-state index in [2.05, 4.69) is 495 Å². The first-order valence-corrected chi connectivity index (χ1v) is 54.4. The Morgan fingerprint density at radius 2 is 0.438 bits per heavy atom. The van der Waals surface area contributed by atoms with E-state index < -0.39 is 21.7 Å². The van der Waals surface area contributed by atoms with Crippen molar-refractivity contribution in [2.24, 2.45) is 0 Å². The van der Waals surface area contributed by atoms with Gasteiger partial charge < -0.3 is 9.80 Å². The van der Waals surface area contributed by atoms with Crippen LogP contribution in [-0.4, -0.2) is 0 Å². The average Bonchev–Trinajstić information content (AvgIpc) is 1.51. The Labute approximate surface area is 859 Å². The van der Waals surface area contributed by atoms with Crippen LogP contribution in [0.5, 0.6) is 0 Å². The second kappa shape index (κ2) is 30.9. The first-order chi connectivity index (χ1) is 71.4. The Morgan fingerprint density at radius 3 is 0.882 bits per heavy atom. The van der Waals surface area contributed by atoms with Gasteiger partial charge in [-0.15, -0.1) is 22.7 Å². The fourth-order valence-corrected chi connectivity index (χ4v) is 34.2. The summed E-state index contributed by atoms with van der Waals surface area (Å²) < 4.78 is 5.16. The smallest absolute Gasteiger partial charge is 0.0736 e. The second-order valence-electron chi connectivity index (χ2n) is 39.2. The lowest BCUT2D eigenvalue weighted by atomic mass is 9.67. The first kappa shape index (κ1) is 81.9. The van der Waals surface area contributed by atoms with Crippen LogP contribution in [0.3, 0.4) is 0 Å². The van der Waals surface area contributed by atoms with E-state index in [1.54, 1.807) is 0 Å². The van der Waals surface area contributed by atoms with Gasteiger partial charge in [0.05, 0.1) is 33.0 Å². The van der Waals surface area contributed by atoms with Gasteiger partial charge in [0.1, 0.15) is 0 Å². The quantitative estimate of drug-likeness (QED) is 0.141. The molecule has 4 aliphatic carbocycles. The minimum atomic E-state index is -0.684. The zero-order chi connectivity index (χ0) is 94.0. The van der Waals surface area contributed by atoms with Crippen molar-refractivity contribution < 1.29 is 0 Å². The molecule has 0 N–H and O–H groups in total. The van der Waals surface area contributed by atoms with Crippen molar-refractivity contribution in [3.05, 3.63) is 574 Å². The van der Waals surface area contributed by atoms with E-state index in [1.165, 1.54) is 241 Å². The Balaban J connectivity index is 0.527. The number of hydrogen-bond donors (Lipinski definition) is 0. The Hall–Kier alpha value is -15.7. The highest BCUT2D eigenvalue weighted by atomic mass is 32.2. The molecule has 4 spiro atoms. The molecule has 670 valence electrons. The molecule has 1 unspecified atom stereocenters. The van der Waals surface area contributed by atoms with E-state index in [-0.39, 0.29) is 0 Å². The van der Waals surface area contributed by atoms with Crippen molar-refractivity contribution in [2.45, 2.75) is 60.8 Å². The monoisotopic (exact) mass is 1930 g/mol. The van der Waals surface area contributed by atoms with E-state index in [9.17, 15) is 0 Å². The highest BCUT2D eigenvalue weighted by Crippen LogP contribution is 2.71. The molecule has 0 radical (unpaired) electrons. The van der Waals surface area contributed by atoms with Crippen molar-refractivity contribution in [2.75, 3.05) is 9.80 Å². The summed E-state index contributed by atoms with van der Waals surface area (Å²) in [5.74, 6) is 0. The van der Waals surface area contributed by atoms with Crippen LogP contribution in [0.1, 0.15) is 89.0 Å². The standard InChI is InChI=1S/C136H80N2S6/c1-6-38-101-91(29-1)98-79-87(71-74-105(98)133(101)107-42-10-18-54-121(107)139-122-55-19-11-43-108(122)133)137(117-51-27-49-115-129(117)96-32-3-8-40-103(96)135(115)111-46-14-22-58-125(111)141-126-59-23-15-47-112(126)135)85-67-61-81(62-68-85)83-66-76-120-100(77-83)95-37-26-35-90(132(95)144-120)84-65-73-114-128(78-84)142-127-60-24-16-48-113(127)136(114)104-41-9-4-33-97(104)130-116(136)50-28-52-118(130)138(86-69-63-82(64-70-86)89-34-25-36-94-93-31-5-17-53-119(93)143-131(89)94)88-72-75-106-99(80-88)92-30-2-7-39-102(92)134(106)109-44-12-20-56-123(109)140-124-57-21-13-45-110(124)134/h1-80H. The average molecular weight is 1930 g/mol. The van der Waals surface area contributed by atoms with Crippen LogP contribution in [0, 0.1) is 0 Å². The predicted molar refractivity (Wildman–Crippen MR) is 604 cm³/mol. The molecule has 0 amide bonds. The van der Waals surface area contributed by atoms with Crippen LogP contribution in [-0.2, 0) is 21.7 Å². The number of benzene rings is 22. The van der Waals surface area contributed by atoms with Crippen molar-refractivity contribution in [1.82, 2.24) is 0 Å². The Bertz CT molecular complexity index is 9600. The molecule has 4 aliphatic heterocycles. The number of hydrogen-bond acceptors (Lipinski definition) is 8. The van der Waals surface area contributed by atoms with Gasteiger partial charge >= 0.3 is 0 Å². The van der Waals surface area contributed by atoms with Crippen molar-refractivity contribution in [3.63, 3.8) is 0 Å². The van der Waals surface area contributed by atoms with Crippen LogP contribution in [0.15, 0.2) is 524 Å². The molecule has 2 aromatic heterocycles. The first-order valence-electron chi connectivity index (χ1n) is 49.5. The SMILES string of the molecule is c1ccc2c(c1)Sc1ccccc1C21c2ccccc2-c2cc(N(c3ccc(-c4ccc5sc6c(-c7ccc8c(c7)Sc7ccccc7C87c8ccccc8-c8c(N(c9ccc(-c%10cccc%11c%10sc%10ccccc%10%11)cc9)c9ccc%10c(c9)-c9ccccc9C%109c%10ccccc%10Sc%10ccccc%109)cccc87)cccc6c5c4)cc3)c3cccc4c3-c3ccccc3C43c4ccccc4Sc4ccccc43)ccc21. The van der Waals surface area contributed by atoms with E-state index in [0.717, 1.165) is 39.7 Å². The van der Waals surface area contributed by atoms with E-state index in [0.29, 0.717) is 0 Å². The van der Waals surface area contributed by atoms with Crippen molar-refractivity contribution in [3.8, 4) is 77.9 Å². The fraction of sp³-hybridized carbons (Fsp3) is 0.0294. The van der Waals surface area contributed by atoms with Gasteiger partial charge in [-0.3, -0.25) is 0 Å². The van der Waals surface area contributed by atoms with Gasteiger partial charge in [-0.25, -0.2) is 0 Å². The normalized spacial score (nSPS) is 15.3. The van der Waals surface area contributed by atoms with Gasteiger partial charge in [0.25, 0.3) is 0 Å². The Morgan fingerprint density at radius 1 is 0.153 bits per heavy atom. The van der Waals surface area contributed by atoms with E-state index in [4.69, 9.17) is 0 Å². The van der Waals surface area contributed by atoms with Gasteiger partial charge in [0.2, 0.25) is 0 Å². The lowest BCUT2D eigenvalue weighted by Crippen LogP contribution is -2.32. The fourth-order valence-electron chi connectivity index (χ4n) is 27.0. The topological polar surface area (TPSA) is 6.48 Å². The number of thiophene rings is 2. The lowest BCUT2D eigenvalue weighted by molar-refractivity contribution is 0.722. The summed E-state index contributed by atoms with van der Waals surface area (Å²) in [6.45, 7) is 0. The van der Waals surface area contributed by atoms with Gasteiger partial charge in [-0.05, 0) is 283 Å². The second-order valence-corrected chi connectivity index (χ2v) is 45.6. The summed E-state index contributed by atoms with van der Waals surface area (Å²) in [5, 5.41) is 5.12. The molecule has 0 saturated carbocycles. The molecule has 2 nitrogen and oxygen atoms in total. The van der Waals surface area contributed by atoms with Gasteiger partial charge in [-0.1, -0.05) is 405 Å². The minimum absolute atomic E-state index is 0.516. The van der Waals surface area contributed by atoms with Gasteiger partial charge in [0.15, 0.2) is 0 Å². The van der Waals surface area contributed by atoms with Crippen LogP contribution in [0.4, 0.5) is 34.1 Å². The van der Waals surface area contributed by atoms with Crippen LogP contribution < -0.4 is 9.80 Å². The maximum Gasteiger partial charge on any atom is 0.0736 e. The summed E-state index contributed by atoms with van der Waals surface area (Å²) in [7, 11) is 0. The molecule has 8 heteroatoms. The summed E-state index contributed by atoms with van der Waals surface area (Å²) >= 11 is 11.4. The molecule has 144 heavy (non-hydrogen) atoms. The minimum Gasteiger partial charge on any atom is -0.310 e. The summed E-state index contributed by atoms with van der Waals surface area (Å²) in [5.41, 5.74) is 42.6. The third-order valence-electron chi connectivity index (χ3n) is 32.6. The molecule has 0 fully saturated rings. The van der Waals surface area contributed by atoms with E-state index >= 15 is 0 Å². The molecule has 0 saturated heterocycles. The number of nitrogens with zero attached hydrogens (tertiary/aromatic N) is 2. The molecule has 24 aromatic rings. The molecule has 6 heterocycles. The van der Waals surface area contributed by atoms with Crippen LogP contribution in [0.25, 0.3) is 118 Å². The highest BCUT2D eigenvalue weighted by Gasteiger charge is 2.57. The molecule has 8 aliphatic rings. The maximum absolute atomic E-state index is 2.59. The zero-order valence-electron chi connectivity index (χ0n) is 77.5. The molecular weight excluding hydrogens is 1850 g/mol. The zero-order valence-corrected chi connectivity index (χ0v) is 82.4. The van der Waals surface area contributed by atoms with Gasteiger partial charge in [0, 0.05) is 113 Å². The maximum atomic E-state index is 2.59. The van der Waals surface area contributed by atoms with E-state index in [1.807, 2.05) is 69.7 Å². The molecule has 1 atom stereocenters. The van der Waals surface area contributed by atoms with Crippen LogP contribution in [0.2, 0.25) is 0 Å². The number of rotatable bonds is 9. The summed E-state index contributed by atoms with van der Waals surface area (Å²) in [6.07, 6.45) is 0. The predicted octanol–water partition coefficient (Wildman–Crippen LogP) is 37.7. The third-order valence-corrected chi connectivity index (χ3v) is 39.6. The third kappa shape index (κ3) is 11.0.